The second-order valence-electron chi connectivity index (χ2n) is 9.79. The van der Waals surface area contributed by atoms with Crippen LogP contribution in [0.3, 0.4) is 0 Å². The van der Waals surface area contributed by atoms with Gasteiger partial charge in [0.05, 0.1) is 17.1 Å². The Hall–Kier alpha value is -4.12. The topological polar surface area (TPSA) is 93.1 Å². The van der Waals surface area contributed by atoms with E-state index in [4.69, 9.17) is 4.74 Å². The van der Waals surface area contributed by atoms with Crippen LogP contribution in [0.25, 0.3) is 11.0 Å². The van der Waals surface area contributed by atoms with Crippen LogP contribution in [0.1, 0.15) is 24.5 Å². The van der Waals surface area contributed by atoms with E-state index in [0.29, 0.717) is 30.6 Å². The van der Waals surface area contributed by atoms with Gasteiger partial charge in [-0.2, -0.15) is 13.2 Å². The highest BCUT2D eigenvalue weighted by Gasteiger charge is 2.30. The van der Waals surface area contributed by atoms with Crippen molar-refractivity contribution in [2.24, 2.45) is 5.92 Å². The zero-order chi connectivity index (χ0) is 27.6. The van der Waals surface area contributed by atoms with E-state index in [0.717, 1.165) is 47.4 Å². The van der Waals surface area contributed by atoms with E-state index < -0.39 is 11.7 Å². The molecule has 8 nitrogen and oxygen atoms in total. The van der Waals surface area contributed by atoms with Gasteiger partial charge in [0.15, 0.2) is 5.82 Å². The van der Waals surface area contributed by atoms with E-state index in [-0.39, 0.29) is 17.7 Å². The van der Waals surface area contributed by atoms with Crippen LogP contribution in [0.5, 0.6) is 11.5 Å². The number of ether oxygens (including phenoxy) is 1. The summed E-state index contributed by atoms with van der Waals surface area (Å²) in [6.45, 7) is 5.80. The fourth-order valence-electron chi connectivity index (χ4n) is 4.69. The van der Waals surface area contributed by atoms with Gasteiger partial charge in [0.25, 0.3) is 0 Å². The van der Waals surface area contributed by atoms with Crippen LogP contribution in [0.2, 0.25) is 0 Å². The lowest BCUT2D eigenvalue weighted by atomic mass is 10.1. The highest BCUT2D eigenvalue weighted by Crippen LogP contribution is 2.34. The Kier molecular flexibility index (Phi) is 7.42. The van der Waals surface area contributed by atoms with Gasteiger partial charge in [-0.15, -0.1) is 0 Å². The molecule has 1 amide bonds. The molecule has 1 aliphatic heterocycles. The first kappa shape index (κ1) is 26.5. The van der Waals surface area contributed by atoms with Crippen LogP contribution in [0, 0.1) is 12.8 Å². The summed E-state index contributed by atoms with van der Waals surface area (Å²) in [4.78, 5) is 21.2. The molecule has 3 N–H and O–H groups in total. The molecule has 5 rings (SSSR count). The van der Waals surface area contributed by atoms with E-state index in [1.54, 1.807) is 12.1 Å². The number of alkyl halides is 3. The van der Waals surface area contributed by atoms with Crippen molar-refractivity contribution in [2.75, 3.05) is 18.4 Å². The Morgan fingerprint density at radius 1 is 1.18 bits per heavy atom. The van der Waals surface area contributed by atoms with Gasteiger partial charge in [-0.05, 0) is 73.8 Å². The van der Waals surface area contributed by atoms with Crippen molar-refractivity contribution in [1.82, 2.24) is 25.2 Å². The number of nitrogens with zero attached hydrogens (tertiary/aromatic N) is 3. The smallest absolute Gasteiger partial charge is 0.416 e. The Morgan fingerprint density at radius 3 is 2.77 bits per heavy atom. The molecule has 1 fully saturated rings. The fourth-order valence-corrected chi connectivity index (χ4v) is 4.69. The number of benzene rings is 2. The Morgan fingerprint density at radius 2 is 2.03 bits per heavy atom. The lowest BCUT2D eigenvalue weighted by Crippen LogP contribution is -2.41. The molecule has 2 aromatic carbocycles. The molecule has 1 saturated heterocycles. The lowest BCUT2D eigenvalue weighted by molar-refractivity contribution is -0.137. The molecular weight excluding hydrogens is 509 g/mol. The summed E-state index contributed by atoms with van der Waals surface area (Å²) < 4.78 is 46.9. The summed E-state index contributed by atoms with van der Waals surface area (Å²) in [5, 5.41) is 9.56. The van der Waals surface area contributed by atoms with E-state index >= 15 is 0 Å². The van der Waals surface area contributed by atoms with Gasteiger partial charge >= 0.3 is 6.18 Å². The normalized spacial score (nSPS) is 17.4. The summed E-state index contributed by atoms with van der Waals surface area (Å²) in [5.41, 5.74) is 2.24. The minimum absolute atomic E-state index is 0.00771. The fraction of sp³-hybridized carbons (Fsp3) is 0.321. The highest BCUT2D eigenvalue weighted by atomic mass is 19.4. The maximum Gasteiger partial charge on any atom is 0.416 e. The number of carbonyl (C=O) groups excluding carboxylic acids is 1. The second kappa shape index (κ2) is 10.9. The summed E-state index contributed by atoms with van der Waals surface area (Å²) in [6, 6.07) is 11.8. The predicted molar refractivity (Wildman–Crippen MR) is 142 cm³/mol. The van der Waals surface area contributed by atoms with Crippen LogP contribution < -0.4 is 20.7 Å². The molecule has 2 aromatic heterocycles. The molecule has 11 heteroatoms. The van der Waals surface area contributed by atoms with E-state index in [9.17, 15) is 18.0 Å². The third kappa shape index (κ3) is 6.14. The van der Waals surface area contributed by atoms with Gasteiger partial charge in [0.1, 0.15) is 23.3 Å². The number of carbonyl (C=O) groups is 1. The van der Waals surface area contributed by atoms with Crippen LogP contribution in [-0.4, -0.2) is 39.6 Å². The van der Waals surface area contributed by atoms with Crippen molar-refractivity contribution in [3.8, 4) is 11.5 Å². The SMILES string of the molecule is Cc1cc(Nc2ncnc3ccn(CCNC(=O)[C@@H]4C[C@@H](C)CN4)c23)ccc1Oc1cccc(C(F)(F)F)c1. The van der Waals surface area contributed by atoms with Gasteiger partial charge in [-0.25, -0.2) is 9.97 Å². The number of anilines is 2. The number of halogens is 3. The maximum absolute atomic E-state index is 13.0. The molecule has 4 aromatic rings. The summed E-state index contributed by atoms with van der Waals surface area (Å²) >= 11 is 0. The first-order valence-corrected chi connectivity index (χ1v) is 12.7. The van der Waals surface area contributed by atoms with E-state index in [1.807, 2.05) is 29.8 Å². The molecule has 0 unspecified atom stereocenters. The van der Waals surface area contributed by atoms with Gasteiger partial charge in [0, 0.05) is 25.0 Å². The van der Waals surface area contributed by atoms with Crippen LogP contribution in [0.15, 0.2) is 61.1 Å². The lowest BCUT2D eigenvalue weighted by Gasteiger charge is -2.15. The van der Waals surface area contributed by atoms with Crippen molar-refractivity contribution >= 4 is 28.4 Å². The van der Waals surface area contributed by atoms with Crippen LogP contribution in [0.4, 0.5) is 24.7 Å². The molecule has 0 radical (unpaired) electrons. The average Bonchev–Trinajstić information content (AvgIpc) is 3.52. The molecule has 0 saturated carbocycles. The number of aromatic nitrogens is 3. The zero-order valence-electron chi connectivity index (χ0n) is 21.5. The zero-order valence-corrected chi connectivity index (χ0v) is 21.5. The van der Waals surface area contributed by atoms with Gasteiger partial charge in [-0.1, -0.05) is 13.0 Å². The van der Waals surface area contributed by atoms with Crippen LogP contribution in [-0.2, 0) is 17.5 Å². The third-order valence-corrected chi connectivity index (χ3v) is 6.70. The van der Waals surface area contributed by atoms with Gasteiger partial charge in [0.2, 0.25) is 5.91 Å². The molecule has 1 aliphatic rings. The van der Waals surface area contributed by atoms with Gasteiger partial charge in [-0.3, -0.25) is 4.79 Å². The second-order valence-corrected chi connectivity index (χ2v) is 9.79. The molecule has 39 heavy (non-hydrogen) atoms. The van der Waals surface area contributed by atoms with Crippen molar-refractivity contribution < 1.29 is 22.7 Å². The molecule has 0 spiro atoms. The number of hydrogen-bond donors (Lipinski definition) is 3. The van der Waals surface area contributed by atoms with E-state index in [1.165, 1.54) is 18.5 Å². The number of aryl methyl sites for hydroxylation is 1. The number of hydrogen-bond acceptors (Lipinski definition) is 6. The first-order chi connectivity index (χ1) is 18.7. The van der Waals surface area contributed by atoms with Crippen molar-refractivity contribution in [2.45, 2.75) is 39.0 Å². The summed E-state index contributed by atoms with van der Waals surface area (Å²) in [5.74, 6) is 1.64. The van der Waals surface area contributed by atoms with Crippen molar-refractivity contribution in [1.29, 1.82) is 0 Å². The monoisotopic (exact) mass is 538 g/mol. The quantitative estimate of drug-likeness (QED) is 0.278. The Bertz CT molecular complexity index is 1490. The van der Waals surface area contributed by atoms with Crippen LogP contribution >= 0.6 is 0 Å². The summed E-state index contributed by atoms with van der Waals surface area (Å²) in [7, 11) is 0. The Labute approximate surface area is 223 Å². The minimum Gasteiger partial charge on any atom is -0.457 e. The van der Waals surface area contributed by atoms with Gasteiger partial charge < -0.3 is 25.3 Å². The molecule has 2 atom stereocenters. The predicted octanol–water partition coefficient (Wildman–Crippen LogP) is 5.41. The summed E-state index contributed by atoms with van der Waals surface area (Å²) in [6.07, 6.45) is -0.227. The number of rotatable bonds is 8. The molecule has 0 bridgehead atoms. The largest absolute Gasteiger partial charge is 0.457 e. The van der Waals surface area contributed by atoms with Crippen molar-refractivity contribution in [3.05, 3.63) is 72.2 Å². The Balaban J connectivity index is 1.28. The minimum atomic E-state index is -4.44. The molecular formula is C28H29F3N6O2. The third-order valence-electron chi connectivity index (χ3n) is 6.70. The van der Waals surface area contributed by atoms with Crippen molar-refractivity contribution in [3.63, 3.8) is 0 Å². The standard InChI is InChI=1S/C28H29F3N6O2/c1-17-12-23(33-15-17)27(38)32-9-11-37-10-8-22-25(37)26(35-16-34-22)36-20-6-7-24(18(2)13-20)39-21-5-3-4-19(14-21)28(29,30)31/h3-8,10,13-14,16-17,23,33H,9,11-12,15H2,1-2H3,(H,32,38)(H,34,35,36)/t17-,23+/m1/s1. The highest BCUT2D eigenvalue weighted by molar-refractivity contribution is 5.88. The van der Waals surface area contributed by atoms with E-state index in [2.05, 4.69) is 32.8 Å². The molecule has 204 valence electrons. The molecule has 3 heterocycles. The number of nitrogens with one attached hydrogen (secondary N) is 3. The maximum atomic E-state index is 13.0. The number of fused-ring (bicyclic) bond motifs is 1. The average molecular weight is 539 g/mol. The molecule has 0 aliphatic carbocycles. The first-order valence-electron chi connectivity index (χ1n) is 12.7. The number of amides is 1.